The zero-order valence-electron chi connectivity index (χ0n) is 29.5. The van der Waals surface area contributed by atoms with Crippen LogP contribution in [0.4, 0.5) is 0 Å². The fraction of sp³-hybridized carbons (Fsp3) is 0. The van der Waals surface area contributed by atoms with Crippen LogP contribution < -0.4 is 0 Å². The molecule has 0 atom stereocenters. The van der Waals surface area contributed by atoms with Crippen LogP contribution >= 0.6 is 0 Å². The van der Waals surface area contributed by atoms with Crippen LogP contribution in [0.15, 0.2) is 212 Å². The van der Waals surface area contributed by atoms with Gasteiger partial charge in [0.05, 0.1) is 0 Å². The van der Waals surface area contributed by atoms with Crippen molar-refractivity contribution in [3.8, 4) is 89.8 Å². The average Bonchev–Trinajstić information content (AvgIpc) is 3.27. The number of hydrogen-bond donors (Lipinski definition) is 0. The Kier molecular flexibility index (Phi) is 8.94. The first kappa shape index (κ1) is 32.7. The topological polar surface area (TPSA) is 38.7 Å². The Morgan fingerprint density at radius 2 is 0.574 bits per heavy atom. The summed E-state index contributed by atoms with van der Waals surface area (Å²) in [4.78, 5) is 16.0. The second kappa shape index (κ2) is 14.8. The van der Waals surface area contributed by atoms with Crippen LogP contribution in [0.3, 0.4) is 0 Å². The highest BCUT2D eigenvalue weighted by molar-refractivity contribution is 5.93. The van der Waals surface area contributed by atoms with Gasteiger partial charge in [0, 0.05) is 16.7 Å². The molecular formula is C51H35N3. The molecule has 1 aromatic heterocycles. The van der Waals surface area contributed by atoms with Gasteiger partial charge >= 0.3 is 0 Å². The van der Waals surface area contributed by atoms with E-state index in [1.54, 1.807) is 0 Å². The van der Waals surface area contributed by atoms with Gasteiger partial charge in [-0.15, -0.1) is 0 Å². The Morgan fingerprint density at radius 3 is 1.09 bits per heavy atom. The number of nitrogens with zero attached hydrogens (tertiary/aromatic N) is 3. The minimum absolute atomic E-state index is 0.613. The zero-order chi connectivity index (χ0) is 36.1. The van der Waals surface area contributed by atoms with Gasteiger partial charge in [0.1, 0.15) is 0 Å². The van der Waals surface area contributed by atoms with E-state index >= 15 is 0 Å². The molecule has 0 saturated carbocycles. The minimum Gasteiger partial charge on any atom is -0.208 e. The van der Waals surface area contributed by atoms with Gasteiger partial charge in [-0.3, -0.25) is 0 Å². The lowest BCUT2D eigenvalue weighted by Gasteiger charge is -2.17. The van der Waals surface area contributed by atoms with Crippen LogP contribution in [0, 0.1) is 0 Å². The van der Waals surface area contributed by atoms with Crippen LogP contribution in [0.2, 0.25) is 0 Å². The van der Waals surface area contributed by atoms with Gasteiger partial charge in [-0.2, -0.15) is 0 Å². The number of aromatic nitrogens is 3. The summed E-state index contributed by atoms with van der Waals surface area (Å²) in [6, 6.07) is 74.0. The van der Waals surface area contributed by atoms with E-state index in [2.05, 4.69) is 182 Å². The van der Waals surface area contributed by atoms with Crippen molar-refractivity contribution in [2.45, 2.75) is 0 Å². The summed E-state index contributed by atoms with van der Waals surface area (Å²) < 4.78 is 0. The molecule has 8 aromatic carbocycles. The van der Waals surface area contributed by atoms with Crippen molar-refractivity contribution in [2.24, 2.45) is 0 Å². The second-order valence-electron chi connectivity index (χ2n) is 13.2. The average molecular weight is 690 g/mol. The maximum Gasteiger partial charge on any atom is 0.165 e. The van der Waals surface area contributed by atoms with E-state index in [9.17, 15) is 0 Å². The summed E-state index contributed by atoms with van der Waals surface area (Å²) in [7, 11) is 0. The molecule has 3 nitrogen and oxygen atoms in total. The van der Waals surface area contributed by atoms with Crippen molar-refractivity contribution in [1.29, 1.82) is 0 Å². The van der Waals surface area contributed by atoms with Gasteiger partial charge in [-0.1, -0.05) is 200 Å². The molecule has 0 fully saturated rings. The highest BCUT2D eigenvalue weighted by Crippen LogP contribution is 2.41. The molecule has 254 valence electrons. The summed E-state index contributed by atoms with van der Waals surface area (Å²) in [6.07, 6.45) is 0. The van der Waals surface area contributed by atoms with Crippen molar-refractivity contribution >= 4 is 0 Å². The lowest BCUT2D eigenvalue weighted by molar-refractivity contribution is 1.07. The quantitative estimate of drug-likeness (QED) is 0.159. The molecule has 0 unspecified atom stereocenters. The molecule has 0 aliphatic rings. The Labute approximate surface area is 316 Å². The monoisotopic (exact) mass is 689 g/mol. The van der Waals surface area contributed by atoms with E-state index < -0.39 is 0 Å². The van der Waals surface area contributed by atoms with Crippen LogP contribution in [-0.2, 0) is 0 Å². The van der Waals surface area contributed by atoms with E-state index in [0.717, 1.165) is 72.3 Å². The molecule has 0 spiro atoms. The molecule has 0 aliphatic carbocycles. The van der Waals surface area contributed by atoms with Crippen LogP contribution in [-0.4, -0.2) is 15.0 Å². The van der Waals surface area contributed by atoms with E-state index in [1.807, 2.05) is 30.3 Å². The highest BCUT2D eigenvalue weighted by Gasteiger charge is 2.21. The number of hydrogen-bond acceptors (Lipinski definition) is 3. The van der Waals surface area contributed by atoms with Crippen molar-refractivity contribution in [2.75, 3.05) is 0 Å². The van der Waals surface area contributed by atoms with Gasteiger partial charge < -0.3 is 0 Å². The van der Waals surface area contributed by atoms with Crippen molar-refractivity contribution in [3.05, 3.63) is 212 Å². The molecule has 9 rings (SSSR count). The van der Waals surface area contributed by atoms with Crippen molar-refractivity contribution in [3.63, 3.8) is 0 Å². The molecule has 1 heterocycles. The molecule has 0 aliphatic heterocycles. The Balaban J connectivity index is 1.31. The third kappa shape index (κ3) is 6.63. The Hall–Kier alpha value is -7.23. The lowest BCUT2D eigenvalue weighted by Crippen LogP contribution is -2.03. The molecule has 3 heteroatoms. The van der Waals surface area contributed by atoms with E-state index in [4.69, 9.17) is 15.0 Å². The lowest BCUT2D eigenvalue weighted by atomic mass is 9.91. The predicted octanol–water partition coefficient (Wildman–Crippen LogP) is 13.2. The van der Waals surface area contributed by atoms with E-state index in [0.29, 0.717) is 17.5 Å². The third-order valence-electron chi connectivity index (χ3n) is 9.80. The molecular weight excluding hydrogens is 655 g/mol. The molecule has 0 bridgehead atoms. The van der Waals surface area contributed by atoms with Gasteiger partial charge in [0.25, 0.3) is 0 Å². The van der Waals surface area contributed by atoms with Crippen molar-refractivity contribution < 1.29 is 0 Å². The fourth-order valence-electron chi connectivity index (χ4n) is 7.10. The SMILES string of the molecule is c1ccc(-c2ccc(-c3nc(-c4ccc(-c5ccccc5)cc4-c4ccccc4)nc(-c4c(-c5ccccc5)cccc4-c4ccccc4)n3)cc2)cc1. The summed E-state index contributed by atoms with van der Waals surface area (Å²) in [5, 5.41) is 0. The van der Waals surface area contributed by atoms with Gasteiger partial charge in [-0.25, -0.2) is 15.0 Å². The number of rotatable bonds is 8. The molecule has 54 heavy (non-hydrogen) atoms. The molecule has 0 N–H and O–H groups in total. The number of benzene rings is 8. The molecule has 0 amide bonds. The summed E-state index contributed by atoms with van der Waals surface area (Å²) in [5.41, 5.74) is 13.9. The highest BCUT2D eigenvalue weighted by atomic mass is 15.0. The molecule has 0 radical (unpaired) electrons. The maximum atomic E-state index is 5.40. The van der Waals surface area contributed by atoms with Crippen LogP contribution in [0.25, 0.3) is 89.8 Å². The van der Waals surface area contributed by atoms with Crippen LogP contribution in [0.5, 0.6) is 0 Å². The predicted molar refractivity (Wildman–Crippen MR) is 223 cm³/mol. The normalized spacial score (nSPS) is 11.0. The maximum absolute atomic E-state index is 5.40. The van der Waals surface area contributed by atoms with Crippen molar-refractivity contribution in [1.82, 2.24) is 15.0 Å². The van der Waals surface area contributed by atoms with Gasteiger partial charge in [0.15, 0.2) is 17.5 Å². The first-order valence-corrected chi connectivity index (χ1v) is 18.2. The standard InChI is InChI=1S/C51H35N3/c1-6-17-36(18-7-1)38-29-31-42(32-30-38)49-52-50(46-34-33-43(37-19-8-2-9-20-37)35-47(46)41-25-14-5-15-26-41)54-51(53-49)48-44(39-21-10-3-11-22-39)27-16-28-45(48)40-23-12-4-13-24-40/h1-35H. The minimum atomic E-state index is 0.613. The van der Waals surface area contributed by atoms with Crippen LogP contribution in [0.1, 0.15) is 0 Å². The Bertz CT molecular complexity index is 2600. The summed E-state index contributed by atoms with van der Waals surface area (Å²) in [6.45, 7) is 0. The fourth-order valence-corrected chi connectivity index (χ4v) is 7.10. The Morgan fingerprint density at radius 1 is 0.204 bits per heavy atom. The largest absolute Gasteiger partial charge is 0.208 e. The molecule has 0 saturated heterocycles. The first-order chi connectivity index (χ1) is 26.8. The zero-order valence-corrected chi connectivity index (χ0v) is 29.5. The second-order valence-corrected chi connectivity index (χ2v) is 13.2. The third-order valence-corrected chi connectivity index (χ3v) is 9.80. The van der Waals surface area contributed by atoms with E-state index in [1.165, 1.54) is 0 Å². The van der Waals surface area contributed by atoms with E-state index in [-0.39, 0.29) is 0 Å². The van der Waals surface area contributed by atoms with Gasteiger partial charge in [0.2, 0.25) is 0 Å². The summed E-state index contributed by atoms with van der Waals surface area (Å²) in [5.74, 6) is 1.84. The summed E-state index contributed by atoms with van der Waals surface area (Å²) >= 11 is 0. The molecule has 9 aromatic rings. The van der Waals surface area contributed by atoms with Gasteiger partial charge in [-0.05, 0) is 67.8 Å². The first-order valence-electron chi connectivity index (χ1n) is 18.2. The smallest absolute Gasteiger partial charge is 0.165 e.